The quantitative estimate of drug-likeness (QED) is 0.396. The number of hydrogen-bond acceptors (Lipinski definition) is 1. The molecule has 0 aliphatic carbocycles. The average molecular weight is 354 g/mol. The Balaban J connectivity index is 2.18. The van der Waals surface area contributed by atoms with Crippen molar-refractivity contribution in [2.45, 2.75) is 27.2 Å². The minimum atomic E-state index is 0.784. The van der Waals surface area contributed by atoms with Crippen molar-refractivity contribution in [1.29, 1.82) is 0 Å². The zero-order valence-corrected chi connectivity index (χ0v) is 16.4. The predicted molar refractivity (Wildman–Crippen MR) is 120 cm³/mol. The summed E-state index contributed by atoms with van der Waals surface area (Å²) in [4.78, 5) is 0. The van der Waals surface area contributed by atoms with E-state index in [1.807, 2.05) is 25.1 Å². The van der Waals surface area contributed by atoms with Gasteiger partial charge in [0.15, 0.2) is 0 Å². The molecular formula is C26H27N. The second-order valence-electron chi connectivity index (χ2n) is 7.05. The van der Waals surface area contributed by atoms with Gasteiger partial charge in [0.25, 0.3) is 0 Å². The summed E-state index contributed by atoms with van der Waals surface area (Å²) in [7, 11) is 0. The Labute approximate surface area is 162 Å². The van der Waals surface area contributed by atoms with E-state index < -0.39 is 0 Å². The molecule has 3 aromatic rings. The number of aryl methyl sites for hydroxylation is 2. The molecule has 1 heteroatoms. The number of hydrogen-bond donors (Lipinski definition) is 1. The van der Waals surface area contributed by atoms with Crippen LogP contribution in [0, 0.1) is 13.8 Å². The summed E-state index contributed by atoms with van der Waals surface area (Å²) in [5, 5.41) is 2.58. The van der Waals surface area contributed by atoms with E-state index in [0.29, 0.717) is 0 Å². The van der Waals surface area contributed by atoms with E-state index in [2.05, 4.69) is 75.0 Å². The van der Waals surface area contributed by atoms with E-state index in [-0.39, 0.29) is 0 Å². The SMILES string of the molecule is C=C/C(=C(\C=C/C)Cc1cccc2ccc(C)cc12)c1cc(C)ccc1N. The van der Waals surface area contributed by atoms with Gasteiger partial charge in [0, 0.05) is 11.3 Å². The Hall–Kier alpha value is -3.06. The molecule has 27 heavy (non-hydrogen) atoms. The monoisotopic (exact) mass is 353 g/mol. The molecule has 0 atom stereocenters. The summed E-state index contributed by atoms with van der Waals surface area (Å²) in [6.07, 6.45) is 7.02. The van der Waals surface area contributed by atoms with Crippen LogP contribution in [0.4, 0.5) is 5.69 Å². The first-order chi connectivity index (χ1) is 13.0. The molecule has 0 saturated carbocycles. The van der Waals surface area contributed by atoms with E-state index in [0.717, 1.165) is 23.2 Å². The molecule has 136 valence electrons. The fraction of sp³-hybridized carbons (Fsp3) is 0.154. The van der Waals surface area contributed by atoms with Crippen LogP contribution in [-0.2, 0) is 6.42 Å². The first-order valence-electron chi connectivity index (χ1n) is 9.36. The van der Waals surface area contributed by atoms with Crippen LogP contribution in [0.3, 0.4) is 0 Å². The van der Waals surface area contributed by atoms with Crippen LogP contribution in [0.25, 0.3) is 16.3 Å². The Morgan fingerprint density at radius 3 is 2.48 bits per heavy atom. The number of anilines is 1. The average Bonchev–Trinajstić information content (AvgIpc) is 2.65. The van der Waals surface area contributed by atoms with Gasteiger partial charge in [-0.05, 0) is 66.8 Å². The molecule has 0 fully saturated rings. The highest BCUT2D eigenvalue weighted by molar-refractivity contribution is 5.89. The minimum absolute atomic E-state index is 0.784. The Kier molecular flexibility index (Phi) is 5.61. The van der Waals surface area contributed by atoms with Crippen LogP contribution in [-0.4, -0.2) is 0 Å². The van der Waals surface area contributed by atoms with Gasteiger partial charge in [-0.15, -0.1) is 0 Å². The first-order valence-corrected chi connectivity index (χ1v) is 9.36. The third-order valence-corrected chi connectivity index (χ3v) is 4.93. The maximum absolute atomic E-state index is 6.30. The van der Waals surface area contributed by atoms with Gasteiger partial charge in [-0.1, -0.05) is 78.4 Å². The van der Waals surface area contributed by atoms with Gasteiger partial charge in [0.1, 0.15) is 0 Å². The van der Waals surface area contributed by atoms with Crippen LogP contribution in [0.1, 0.15) is 29.2 Å². The van der Waals surface area contributed by atoms with Crippen molar-refractivity contribution >= 4 is 22.0 Å². The van der Waals surface area contributed by atoms with Crippen molar-refractivity contribution in [3.05, 3.63) is 107 Å². The largest absolute Gasteiger partial charge is 0.398 e. The van der Waals surface area contributed by atoms with Crippen LogP contribution in [0.2, 0.25) is 0 Å². The summed E-state index contributed by atoms with van der Waals surface area (Å²) in [5.41, 5.74) is 14.2. The number of rotatable bonds is 5. The van der Waals surface area contributed by atoms with Gasteiger partial charge >= 0.3 is 0 Å². The van der Waals surface area contributed by atoms with Gasteiger partial charge in [-0.3, -0.25) is 0 Å². The van der Waals surface area contributed by atoms with Gasteiger partial charge in [-0.2, -0.15) is 0 Å². The van der Waals surface area contributed by atoms with E-state index in [9.17, 15) is 0 Å². The molecule has 0 unspecified atom stereocenters. The molecular weight excluding hydrogens is 326 g/mol. The Morgan fingerprint density at radius 2 is 1.74 bits per heavy atom. The molecule has 2 N–H and O–H groups in total. The highest BCUT2D eigenvalue weighted by atomic mass is 14.6. The summed E-state index contributed by atoms with van der Waals surface area (Å²) in [5.74, 6) is 0. The smallest absolute Gasteiger partial charge is 0.0394 e. The molecule has 1 nitrogen and oxygen atoms in total. The maximum atomic E-state index is 6.30. The molecule has 0 aromatic heterocycles. The third-order valence-electron chi connectivity index (χ3n) is 4.93. The van der Waals surface area contributed by atoms with Crippen LogP contribution >= 0.6 is 0 Å². The Bertz CT molecular complexity index is 1050. The normalized spacial score (nSPS) is 12.4. The number of allylic oxidation sites excluding steroid dienone is 5. The fourth-order valence-electron chi connectivity index (χ4n) is 3.57. The number of fused-ring (bicyclic) bond motifs is 1. The van der Waals surface area contributed by atoms with E-state index in [1.54, 1.807) is 0 Å². The standard InChI is InChI=1S/C26H27N/c1-5-8-21(23(6-2)25-16-19(4)12-14-26(25)27)17-22-10-7-9-20-13-11-18(3)15-24(20)22/h5-16H,2,17,27H2,1,3-4H3/b8-5-,23-21-. The van der Waals surface area contributed by atoms with Crippen LogP contribution in [0.5, 0.6) is 0 Å². The van der Waals surface area contributed by atoms with Crippen LogP contribution < -0.4 is 5.73 Å². The zero-order chi connectivity index (χ0) is 19.4. The molecule has 0 radical (unpaired) electrons. The van der Waals surface area contributed by atoms with Crippen LogP contribution in [0.15, 0.2) is 85.0 Å². The molecule has 0 aliphatic rings. The maximum Gasteiger partial charge on any atom is 0.0394 e. The number of nitrogen functional groups attached to an aromatic ring is 1. The van der Waals surface area contributed by atoms with E-state index in [1.165, 1.54) is 33.0 Å². The first kappa shape index (κ1) is 18.7. The second-order valence-corrected chi connectivity index (χ2v) is 7.05. The lowest BCUT2D eigenvalue weighted by molar-refractivity contribution is 1.22. The van der Waals surface area contributed by atoms with Crippen molar-refractivity contribution in [2.24, 2.45) is 0 Å². The molecule has 3 aromatic carbocycles. The lowest BCUT2D eigenvalue weighted by Crippen LogP contribution is -1.99. The van der Waals surface area contributed by atoms with E-state index in [4.69, 9.17) is 5.73 Å². The number of nitrogens with two attached hydrogens (primary N) is 1. The summed E-state index contributed by atoms with van der Waals surface area (Å²) in [6.45, 7) is 10.4. The molecule has 0 amide bonds. The van der Waals surface area contributed by atoms with Gasteiger partial charge in [0.05, 0.1) is 0 Å². The second kappa shape index (κ2) is 8.09. The predicted octanol–water partition coefficient (Wildman–Crippen LogP) is 6.80. The molecule has 3 rings (SSSR count). The molecule has 0 aliphatic heterocycles. The lowest BCUT2D eigenvalue weighted by atomic mass is 9.91. The zero-order valence-electron chi connectivity index (χ0n) is 16.4. The summed E-state index contributed by atoms with van der Waals surface area (Å²) in [6, 6.07) is 19.3. The topological polar surface area (TPSA) is 26.0 Å². The Morgan fingerprint density at radius 1 is 1.00 bits per heavy atom. The van der Waals surface area contributed by atoms with Gasteiger partial charge < -0.3 is 5.73 Å². The fourth-order valence-corrected chi connectivity index (χ4v) is 3.57. The van der Waals surface area contributed by atoms with Gasteiger partial charge in [0.2, 0.25) is 0 Å². The molecule has 0 bridgehead atoms. The minimum Gasteiger partial charge on any atom is -0.398 e. The lowest BCUT2D eigenvalue weighted by Gasteiger charge is -2.15. The van der Waals surface area contributed by atoms with Crippen molar-refractivity contribution in [3.63, 3.8) is 0 Å². The highest BCUT2D eigenvalue weighted by Gasteiger charge is 2.11. The van der Waals surface area contributed by atoms with Crippen molar-refractivity contribution < 1.29 is 0 Å². The highest BCUT2D eigenvalue weighted by Crippen LogP contribution is 2.31. The van der Waals surface area contributed by atoms with Crippen molar-refractivity contribution in [3.8, 4) is 0 Å². The van der Waals surface area contributed by atoms with Gasteiger partial charge in [-0.25, -0.2) is 0 Å². The molecule has 0 spiro atoms. The molecule has 0 saturated heterocycles. The van der Waals surface area contributed by atoms with Crippen molar-refractivity contribution in [2.75, 3.05) is 5.73 Å². The number of benzene rings is 3. The molecule has 0 heterocycles. The summed E-state index contributed by atoms with van der Waals surface area (Å²) < 4.78 is 0. The third kappa shape index (κ3) is 4.03. The summed E-state index contributed by atoms with van der Waals surface area (Å²) >= 11 is 0. The van der Waals surface area contributed by atoms with Crippen molar-refractivity contribution in [1.82, 2.24) is 0 Å². The van der Waals surface area contributed by atoms with E-state index >= 15 is 0 Å².